The van der Waals surface area contributed by atoms with E-state index in [2.05, 4.69) is 23.7 Å². The lowest BCUT2D eigenvalue weighted by Gasteiger charge is -2.13. The molecule has 0 rings (SSSR count). The third kappa shape index (κ3) is 15.9. The predicted molar refractivity (Wildman–Crippen MR) is 101 cm³/mol. The molecule has 26 heavy (non-hydrogen) atoms. The van der Waals surface area contributed by atoms with E-state index in [-0.39, 0.29) is 19.2 Å². The summed E-state index contributed by atoms with van der Waals surface area (Å²) in [4.78, 5) is 22.6. The highest BCUT2D eigenvalue weighted by molar-refractivity contribution is 5.82. The number of esters is 2. The molecule has 138 valence electrons. The largest absolute Gasteiger partial charge is 0.466 e. The van der Waals surface area contributed by atoms with Crippen molar-refractivity contribution in [1.29, 1.82) is 0 Å². The molecule has 1 unspecified atom stereocenters. The normalized spacial score (nSPS) is 11.4. The van der Waals surface area contributed by atoms with Crippen molar-refractivity contribution in [2.45, 2.75) is 33.3 Å². The first kappa shape index (κ1) is 23.0. The van der Waals surface area contributed by atoms with Gasteiger partial charge in [0.05, 0.1) is 13.2 Å². The number of allylic oxidation sites excluding steroid dienone is 5. The molecule has 0 aliphatic carbocycles. The molecule has 5 nitrogen and oxygen atoms in total. The summed E-state index contributed by atoms with van der Waals surface area (Å²) in [6.45, 7) is 5.03. The molecule has 0 aliphatic heterocycles. The number of hydrogen-bond acceptors (Lipinski definition) is 5. The van der Waals surface area contributed by atoms with E-state index in [4.69, 9.17) is 14.6 Å². The molecule has 0 heterocycles. The van der Waals surface area contributed by atoms with E-state index >= 15 is 0 Å². The Balaban J connectivity index is 4.66. The zero-order chi connectivity index (χ0) is 19.6. The van der Waals surface area contributed by atoms with Crippen molar-refractivity contribution in [3.63, 3.8) is 0 Å². The number of aliphatic hydroxyl groups excluding tert-OH is 1. The summed E-state index contributed by atoms with van der Waals surface area (Å²) in [6, 6.07) is 0. The number of carbonyl (C=O) groups is 2. The quantitative estimate of drug-likeness (QED) is 0.313. The molecule has 0 fully saturated rings. The highest BCUT2D eigenvalue weighted by atomic mass is 16.6. The van der Waals surface area contributed by atoms with Crippen molar-refractivity contribution < 1.29 is 24.2 Å². The van der Waals surface area contributed by atoms with Crippen LogP contribution in [0, 0.1) is 23.7 Å². The lowest BCUT2D eigenvalue weighted by molar-refractivity contribution is -0.144. The molecule has 0 aliphatic rings. The Morgan fingerprint density at radius 3 is 2.38 bits per heavy atom. The van der Waals surface area contributed by atoms with Crippen LogP contribution >= 0.6 is 0 Å². The molecule has 0 saturated carbocycles. The van der Waals surface area contributed by atoms with Crippen LogP contribution in [0.2, 0.25) is 0 Å². The Labute approximate surface area is 155 Å². The summed E-state index contributed by atoms with van der Waals surface area (Å²) in [6.07, 6.45) is 11.0. The Morgan fingerprint density at radius 2 is 1.77 bits per heavy atom. The molecule has 0 radical (unpaired) electrons. The van der Waals surface area contributed by atoms with E-state index < -0.39 is 12.1 Å². The van der Waals surface area contributed by atoms with Gasteiger partial charge in [-0.25, -0.2) is 4.79 Å². The van der Waals surface area contributed by atoms with E-state index in [9.17, 15) is 9.59 Å². The van der Waals surface area contributed by atoms with Crippen LogP contribution < -0.4 is 0 Å². The molecule has 1 atom stereocenters. The van der Waals surface area contributed by atoms with E-state index in [1.54, 1.807) is 38.2 Å². The topological polar surface area (TPSA) is 72.8 Å². The lowest BCUT2D eigenvalue weighted by Crippen LogP contribution is -2.17. The van der Waals surface area contributed by atoms with Crippen molar-refractivity contribution in [2.24, 2.45) is 0 Å². The predicted octanol–water partition coefficient (Wildman–Crippen LogP) is 2.49. The van der Waals surface area contributed by atoms with Crippen molar-refractivity contribution >= 4 is 11.9 Å². The van der Waals surface area contributed by atoms with Crippen molar-refractivity contribution in [1.82, 2.24) is 0 Å². The third-order valence-corrected chi connectivity index (χ3v) is 2.51. The Bertz CT molecular complexity index is 683. The number of rotatable bonds is 8. The summed E-state index contributed by atoms with van der Waals surface area (Å²) in [5, 5.41) is 8.52. The molecule has 0 aromatic heterocycles. The highest BCUT2D eigenvalue weighted by Crippen LogP contribution is 2.04. The van der Waals surface area contributed by atoms with Gasteiger partial charge in [0.1, 0.15) is 6.10 Å². The Morgan fingerprint density at radius 1 is 1.08 bits per heavy atom. The minimum absolute atomic E-state index is 0.0520. The minimum Gasteiger partial charge on any atom is -0.466 e. The van der Waals surface area contributed by atoms with Crippen LogP contribution in [0.3, 0.4) is 0 Å². The first-order chi connectivity index (χ1) is 12.5. The van der Waals surface area contributed by atoms with Crippen LogP contribution in [-0.2, 0) is 19.1 Å². The number of carbonyl (C=O) groups excluding carboxylic acids is 2. The average molecular weight is 356 g/mol. The van der Waals surface area contributed by atoms with Crippen molar-refractivity contribution in [3.05, 3.63) is 48.1 Å². The molecule has 0 amide bonds. The van der Waals surface area contributed by atoms with Crippen LogP contribution in [0.5, 0.6) is 0 Å². The Hall–Kier alpha value is -3.02. The molecule has 0 saturated heterocycles. The van der Waals surface area contributed by atoms with Gasteiger partial charge in [-0.05, 0) is 43.9 Å². The van der Waals surface area contributed by atoms with Gasteiger partial charge in [-0.15, -0.1) is 0 Å². The van der Waals surface area contributed by atoms with Gasteiger partial charge in [0.2, 0.25) is 0 Å². The molecular formula is C21H24O5. The Kier molecular flexibility index (Phi) is 13.7. The first-order valence-electron chi connectivity index (χ1n) is 8.04. The fourth-order valence-corrected chi connectivity index (χ4v) is 1.49. The van der Waals surface area contributed by atoms with Crippen LogP contribution in [0.4, 0.5) is 0 Å². The number of hydrogen-bond donors (Lipinski definition) is 1. The zero-order valence-electron chi connectivity index (χ0n) is 15.3. The second kappa shape index (κ2) is 15.5. The third-order valence-electron chi connectivity index (χ3n) is 2.51. The summed E-state index contributed by atoms with van der Waals surface area (Å²) in [5.41, 5.74) is 0.836. The molecule has 0 aromatic rings. The van der Waals surface area contributed by atoms with Gasteiger partial charge >= 0.3 is 11.9 Å². The van der Waals surface area contributed by atoms with Gasteiger partial charge in [-0.3, -0.25) is 4.79 Å². The molecule has 0 spiro atoms. The first-order valence-corrected chi connectivity index (χ1v) is 8.04. The van der Waals surface area contributed by atoms with Crippen molar-refractivity contribution in [2.75, 3.05) is 13.2 Å². The van der Waals surface area contributed by atoms with Gasteiger partial charge in [0.15, 0.2) is 0 Å². The van der Waals surface area contributed by atoms with Crippen LogP contribution in [0.1, 0.15) is 27.2 Å². The van der Waals surface area contributed by atoms with Crippen LogP contribution in [0.15, 0.2) is 48.1 Å². The zero-order valence-corrected chi connectivity index (χ0v) is 15.3. The number of ether oxygens (including phenoxy) is 2. The molecule has 5 heteroatoms. The average Bonchev–Trinajstić information content (AvgIpc) is 2.55. The fourth-order valence-electron chi connectivity index (χ4n) is 1.49. The SMILES string of the molecule is CC(=O)OCCC(C=CC=CC#CC#CC=CCO)OC(=O)C=C(C)C. The standard InChI is InChI=1S/C21H24O5/c1-18(2)17-21(24)26-20(14-16-25-19(3)23)13-11-9-7-5-4-6-8-10-12-15-22/h7,9-13,17,20,22H,14-16H2,1-3H3. The smallest absolute Gasteiger partial charge is 0.331 e. The van der Waals surface area contributed by atoms with Crippen LogP contribution in [0.25, 0.3) is 0 Å². The van der Waals surface area contributed by atoms with E-state index in [0.29, 0.717) is 6.42 Å². The highest BCUT2D eigenvalue weighted by Gasteiger charge is 2.10. The molecule has 1 N–H and O–H groups in total. The molecular weight excluding hydrogens is 332 g/mol. The van der Waals surface area contributed by atoms with E-state index in [1.807, 2.05) is 0 Å². The summed E-state index contributed by atoms with van der Waals surface area (Å²) < 4.78 is 10.2. The van der Waals surface area contributed by atoms with Crippen molar-refractivity contribution in [3.8, 4) is 23.7 Å². The van der Waals surface area contributed by atoms with Gasteiger partial charge in [0, 0.05) is 19.4 Å². The van der Waals surface area contributed by atoms with Gasteiger partial charge in [-0.2, -0.15) is 0 Å². The maximum Gasteiger partial charge on any atom is 0.331 e. The van der Waals surface area contributed by atoms with Gasteiger partial charge < -0.3 is 14.6 Å². The maximum absolute atomic E-state index is 11.7. The summed E-state index contributed by atoms with van der Waals surface area (Å²) in [7, 11) is 0. The minimum atomic E-state index is -0.515. The van der Waals surface area contributed by atoms with Gasteiger partial charge in [0.25, 0.3) is 0 Å². The molecule has 0 bridgehead atoms. The number of aliphatic hydroxyl groups is 1. The monoisotopic (exact) mass is 356 g/mol. The van der Waals surface area contributed by atoms with Crippen LogP contribution in [-0.4, -0.2) is 36.4 Å². The fraction of sp³-hybridized carbons (Fsp3) is 0.333. The van der Waals surface area contributed by atoms with Gasteiger partial charge in [-0.1, -0.05) is 35.6 Å². The lowest BCUT2D eigenvalue weighted by atomic mass is 10.2. The second-order valence-corrected chi connectivity index (χ2v) is 5.19. The van der Waals surface area contributed by atoms with E-state index in [1.165, 1.54) is 25.2 Å². The van der Waals surface area contributed by atoms with E-state index in [0.717, 1.165) is 5.57 Å². The summed E-state index contributed by atoms with van der Waals surface area (Å²) in [5.74, 6) is 9.75. The second-order valence-electron chi connectivity index (χ2n) is 5.19. The molecule has 0 aromatic carbocycles. The maximum atomic E-state index is 11.7. The summed E-state index contributed by atoms with van der Waals surface area (Å²) >= 11 is 0.